The second-order valence-corrected chi connectivity index (χ2v) is 4.57. The van der Waals surface area contributed by atoms with Crippen LogP contribution in [0.15, 0.2) is 18.2 Å². The minimum atomic E-state index is -0.325. The van der Waals surface area contributed by atoms with Crippen LogP contribution in [0.4, 0.5) is 27.9 Å². The van der Waals surface area contributed by atoms with E-state index in [0.717, 1.165) is 18.7 Å². The van der Waals surface area contributed by atoms with E-state index in [9.17, 15) is 4.39 Å². The summed E-state index contributed by atoms with van der Waals surface area (Å²) in [6, 6.07) is 4.49. The fourth-order valence-corrected chi connectivity index (χ4v) is 1.93. The molecule has 0 radical (unpaired) electrons. The molecule has 2 rings (SSSR count). The SMILES string of the molecule is CCN(CC)c1nc(N)nc(Nc2cc(F)ccc2C)n1. The molecule has 0 aliphatic rings. The fourth-order valence-electron chi connectivity index (χ4n) is 1.93. The summed E-state index contributed by atoms with van der Waals surface area (Å²) < 4.78 is 13.3. The van der Waals surface area contributed by atoms with Gasteiger partial charge in [-0.3, -0.25) is 0 Å². The highest BCUT2D eigenvalue weighted by Gasteiger charge is 2.10. The zero-order chi connectivity index (χ0) is 15.4. The molecule has 0 bridgehead atoms. The fraction of sp³-hybridized carbons (Fsp3) is 0.357. The lowest BCUT2D eigenvalue weighted by atomic mass is 10.2. The molecule has 21 heavy (non-hydrogen) atoms. The van der Waals surface area contributed by atoms with Gasteiger partial charge in [-0.05, 0) is 38.5 Å². The second-order valence-electron chi connectivity index (χ2n) is 4.57. The highest BCUT2D eigenvalue weighted by molar-refractivity contribution is 5.59. The molecule has 0 spiro atoms. The molecule has 3 N–H and O–H groups in total. The van der Waals surface area contributed by atoms with Crippen molar-refractivity contribution < 1.29 is 4.39 Å². The van der Waals surface area contributed by atoms with E-state index in [-0.39, 0.29) is 11.8 Å². The third-order valence-corrected chi connectivity index (χ3v) is 3.13. The van der Waals surface area contributed by atoms with Crippen molar-refractivity contribution in [3.63, 3.8) is 0 Å². The van der Waals surface area contributed by atoms with Crippen LogP contribution in [0.2, 0.25) is 0 Å². The Kier molecular flexibility index (Phi) is 4.52. The number of nitrogens with two attached hydrogens (primary N) is 1. The Morgan fingerprint density at radius 3 is 2.57 bits per heavy atom. The van der Waals surface area contributed by atoms with Crippen LogP contribution >= 0.6 is 0 Å². The van der Waals surface area contributed by atoms with Gasteiger partial charge < -0.3 is 16.0 Å². The molecule has 2 aromatic rings. The van der Waals surface area contributed by atoms with E-state index in [0.29, 0.717) is 17.6 Å². The number of hydrogen-bond donors (Lipinski definition) is 2. The molecule has 6 nitrogen and oxygen atoms in total. The van der Waals surface area contributed by atoms with Gasteiger partial charge in [-0.25, -0.2) is 4.39 Å². The van der Waals surface area contributed by atoms with Crippen molar-refractivity contribution in [2.45, 2.75) is 20.8 Å². The predicted molar refractivity (Wildman–Crippen MR) is 82.2 cm³/mol. The number of nitrogens with one attached hydrogen (secondary N) is 1. The molecule has 112 valence electrons. The van der Waals surface area contributed by atoms with Crippen LogP contribution in [0, 0.1) is 12.7 Å². The van der Waals surface area contributed by atoms with Gasteiger partial charge >= 0.3 is 0 Å². The highest BCUT2D eigenvalue weighted by Crippen LogP contribution is 2.21. The summed E-state index contributed by atoms with van der Waals surface area (Å²) >= 11 is 0. The van der Waals surface area contributed by atoms with E-state index in [4.69, 9.17) is 5.73 Å². The molecule has 0 amide bonds. The molecule has 0 saturated heterocycles. The van der Waals surface area contributed by atoms with Crippen LogP contribution in [0.3, 0.4) is 0 Å². The lowest BCUT2D eigenvalue weighted by Crippen LogP contribution is -2.25. The quantitative estimate of drug-likeness (QED) is 0.880. The van der Waals surface area contributed by atoms with Gasteiger partial charge in [-0.15, -0.1) is 0 Å². The number of benzene rings is 1. The Morgan fingerprint density at radius 1 is 1.19 bits per heavy atom. The summed E-state index contributed by atoms with van der Waals surface area (Å²) in [5.41, 5.74) is 7.22. The molecule has 0 saturated carbocycles. The molecule has 0 aliphatic heterocycles. The Labute approximate surface area is 123 Å². The van der Waals surface area contributed by atoms with Gasteiger partial charge in [-0.2, -0.15) is 15.0 Å². The van der Waals surface area contributed by atoms with Crippen molar-refractivity contribution in [3.05, 3.63) is 29.6 Å². The third-order valence-electron chi connectivity index (χ3n) is 3.13. The maximum absolute atomic E-state index is 13.3. The van der Waals surface area contributed by atoms with Crippen LogP contribution in [-0.2, 0) is 0 Å². The predicted octanol–water partition coefficient (Wildman–Crippen LogP) is 2.49. The van der Waals surface area contributed by atoms with Crippen LogP contribution in [0.5, 0.6) is 0 Å². The Bertz CT molecular complexity index is 627. The monoisotopic (exact) mass is 290 g/mol. The number of halogens is 1. The lowest BCUT2D eigenvalue weighted by molar-refractivity contribution is 0.628. The molecule has 1 aromatic heterocycles. The van der Waals surface area contributed by atoms with Crippen LogP contribution in [0.25, 0.3) is 0 Å². The summed E-state index contributed by atoms with van der Waals surface area (Å²) in [5, 5.41) is 2.99. The van der Waals surface area contributed by atoms with Gasteiger partial charge in [-0.1, -0.05) is 6.07 Å². The van der Waals surface area contributed by atoms with Gasteiger partial charge in [0.05, 0.1) is 0 Å². The van der Waals surface area contributed by atoms with Gasteiger partial charge in [0.2, 0.25) is 17.8 Å². The van der Waals surface area contributed by atoms with E-state index in [2.05, 4.69) is 20.3 Å². The van der Waals surface area contributed by atoms with E-state index in [1.165, 1.54) is 12.1 Å². The normalized spacial score (nSPS) is 10.5. The number of anilines is 4. The molecule has 0 unspecified atom stereocenters. The summed E-state index contributed by atoms with van der Waals surface area (Å²) in [5.74, 6) is 0.611. The van der Waals surface area contributed by atoms with Crippen molar-refractivity contribution in [2.24, 2.45) is 0 Å². The van der Waals surface area contributed by atoms with Gasteiger partial charge in [0.25, 0.3) is 0 Å². The number of nitrogens with zero attached hydrogens (tertiary/aromatic N) is 4. The third kappa shape index (κ3) is 3.56. The molecular formula is C14H19FN6. The zero-order valence-corrected chi connectivity index (χ0v) is 12.4. The molecular weight excluding hydrogens is 271 g/mol. The van der Waals surface area contributed by atoms with Crippen molar-refractivity contribution in [3.8, 4) is 0 Å². The number of aromatic nitrogens is 3. The maximum Gasteiger partial charge on any atom is 0.233 e. The topological polar surface area (TPSA) is 80.0 Å². The summed E-state index contributed by atoms with van der Waals surface area (Å²) in [4.78, 5) is 14.5. The Morgan fingerprint density at radius 2 is 1.90 bits per heavy atom. The molecule has 1 aromatic carbocycles. The van der Waals surface area contributed by atoms with Crippen molar-refractivity contribution in [1.29, 1.82) is 0 Å². The molecule has 1 heterocycles. The molecule has 0 aliphatic carbocycles. The van der Waals surface area contributed by atoms with Gasteiger partial charge in [0.1, 0.15) is 5.82 Å². The summed E-state index contributed by atoms with van der Waals surface area (Å²) in [6.07, 6.45) is 0. The van der Waals surface area contributed by atoms with Gasteiger partial charge in [0, 0.05) is 18.8 Å². The smallest absolute Gasteiger partial charge is 0.233 e. The Balaban J connectivity index is 2.34. The van der Waals surface area contributed by atoms with E-state index in [1.807, 2.05) is 25.7 Å². The van der Waals surface area contributed by atoms with Crippen LogP contribution in [-0.4, -0.2) is 28.0 Å². The number of hydrogen-bond acceptors (Lipinski definition) is 6. The minimum absolute atomic E-state index is 0.128. The van der Waals surface area contributed by atoms with Crippen LogP contribution in [0.1, 0.15) is 19.4 Å². The first-order valence-corrected chi connectivity index (χ1v) is 6.83. The first-order chi connectivity index (χ1) is 10.0. The molecule has 0 fully saturated rings. The standard InChI is InChI=1S/C14H19FN6/c1-4-21(5-2)14-19-12(16)18-13(20-14)17-11-8-10(15)7-6-9(11)3/h6-8H,4-5H2,1-3H3,(H3,16,17,18,19,20). The molecule has 0 atom stereocenters. The summed E-state index contributed by atoms with van der Waals surface area (Å²) in [7, 11) is 0. The Hall–Kier alpha value is -2.44. The first-order valence-electron chi connectivity index (χ1n) is 6.83. The largest absolute Gasteiger partial charge is 0.368 e. The van der Waals surface area contributed by atoms with Crippen molar-refractivity contribution >= 4 is 23.5 Å². The molecule has 7 heteroatoms. The second kappa shape index (κ2) is 6.34. The number of aryl methyl sites for hydroxylation is 1. The zero-order valence-electron chi connectivity index (χ0n) is 12.4. The van der Waals surface area contributed by atoms with Crippen LogP contribution < -0.4 is 16.0 Å². The van der Waals surface area contributed by atoms with Crippen molar-refractivity contribution in [2.75, 3.05) is 29.0 Å². The number of rotatable bonds is 5. The first kappa shape index (κ1) is 15.0. The van der Waals surface area contributed by atoms with E-state index < -0.39 is 0 Å². The lowest BCUT2D eigenvalue weighted by Gasteiger charge is -2.19. The number of nitrogen functional groups attached to an aromatic ring is 1. The highest BCUT2D eigenvalue weighted by atomic mass is 19.1. The van der Waals surface area contributed by atoms with Gasteiger partial charge in [0.15, 0.2) is 0 Å². The minimum Gasteiger partial charge on any atom is -0.368 e. The van der Waals surface area contributed by atoms with E-state index in [1.54, 1.807) is 6.07 Å². The average Bonchev–Trinajstić information content (AvgIpc) is 2.44. The van der Waals surface area contributed by atoms with E-state index >= 15 is 0 Å². The maximum atomic E-state index is 13.3. The summed E-state index contributed by atoms with van der Waals surface area (Å²) in [6.45, 7) is 7.41. The van der Waals surface area contributed by atoms with Crippen molar-refractivity contribution in [1.82, 2.24) is 15.0 Å². The average molecular weight is 290 g/mol.